The Bertz CT molecular complexity index is 916. The number of hydrogen-bond donors (Lipinski definition) is 1. The highest BCUT2D eigenvalue weighted by molar-refractivity contribution is 6.03. The summed E-state index contributed by atoms with van der Waals surface area (Å²) in [6, 6.07) is 7.97. The van der Waals surface area contributed by atoms with Crippen molar-refractivity contribution in [2.24, 2.45) is 5.10 Å². The molecule has 0 bridgehead atoms. The van der Waals surface area contributed by atoms with Crippen LogP contribution >= 0.6 is 0 Å². The molecule has 148 valence electrons. The topological polar surface area (TPSA) is 75.0 Å². The van der Waals surface area contributed by atoms with E-state index >= 15 is 0 Å². The normalized spacial score (nSPS) is 19.5. The molecule has 1 amide bonds. The molecule has 6 nitrogen and oxygen atoms in total. The first-order valence-electron chi connectivity index (χ1n) is 8.42. The summed E-state index contributed by atoms with van der Waals surface area (Å²) in [4.78, 5) is 16.2. The second-order valence-electron chi connectivity index (χ2n) is 6.51. The number of amides is 1. The van der Waals surface area contributed by atoms with Gasteiger partial charge in [0, 0.05) is 18.0 Å². The van der Waals surface area contributed by atoms with E-state index in [1.54, 1.807) is 18.2 Å². The first-order valence-corrected chi connectivity index (χ1v) is 8.42. The number of aliphatic hydroxyl groups is 1. The summed E-state index contributed by atoms with van der Waals surface area (Å²) in [6.45, 7) is 3.04. The lowest BCUT2D eigenvalue weighted by Gasteiger charge is -2.32. The van der Waals surface area contributed by atoms with Crippen LogP contribution in [0, 0.1) is 13.8 Å². The number of benzene rings is 1. The standard InChI is InChI=1S/C19H18F3N3O3/c1-12-3-4-15(9-13(12)2)28-11-17(26)25-18(27,19(20,21)22)10-16(24-25)14-5-7-23-8-6-14/h3-9,27H,10-11H2,1-2H3/t18-/m1/s1. The van der Waals surface area contributed by atoms with Crippen LogP contribution in [0.2, 0.25) is 0 Å². The first kappa shape index (κ1) is 19.8. The van der Waals surface area contributed by atoms with Crippen LogP contribution in [0.4, 0.5) is 13.2 Å². The molecule has 3 rings (SSSR count). The molecule has 1 aromatic carbocycles. The van der Waals surface area contributed by atoms with E-state index in [9.17, 15) is 23.1 Å². The van der Waals surface area contributed by atoms with Crippen molar-refractivity contribution in [1.82, 2.24) is 9.99 Å². The lowest BCUT2D eigenvalue weighted by Crippen LogP contribution is -2.57. The van der Waals surface area contributed by atoms with Gasteiger partial charge in [0.1, 0.15) is 5.75 Å². The van der Waals surface area contributed by atoms with Crippen LogP contribution in [0.3, 0.4) is 0 Å². The molecule has 0 aliphatic carbocycles. The van der Waals surface area contributed by atoms with E-state index in [1.165, 1.54) is 24.5 Å². The van der Waals surface area contributed by atoms with Crippen molar-refractivity contribution < 1.29 is 27.8 Å². The largest absolute Gasteiger partial charge is 0.484 e. The van der Waals surface area contributed by atoms with Crippen molar-refractivity contribution in [3.63, 3.8) is 0 Å². The summed E-state index contributed by atoms with van der Waals surface area (Å²) >= 11 is 0. The van der Waals surface area contributed by atoms with Gasteiger partial charge in [0.2, 0.25) is 0 Å². The van der Waals surface area contributed by atoms with Crippen LogP contribution in [-0.4, -0.2) is 45.2 Å². The van der Waals surface area contributed by atoms with E-state index in [2.05, 4.69) is 10.1 Å². The third kappa shape index (κ3) is 3.70. The Balaban J connectivity index is 1.83. The number of pyridine rings is 1. The average Bonchev–Trinajstić information content (AvgIpc) is 3.02. The van der Waals surface area contributed by atoms with Gasteiger partial charge in [0.05, 0.1) is 12.1 Å². The molecule has 28 heavy (non-hydrogen) atoms. The lowest BCUT2D eigenvalue weighted by molar-refractivity contribution is -0.302. The highest BCUT2D eigenvalue weighted by Crippen LogP contribution is 2.41. The van der Waals surface area contributed by atoms with Gasteiger partial charge in [-0.15, -0.1) is 0 Å². The fourth-order valence-electron chi connectivity index (χ4n) is 2.74. The summed E-state index contributed by atoms with van der Waals surface area (Å²) in [5.74, 6) is -0.772. The maximum Gasteiger partial charge on any atom is 0.438 e. The van der Waals surface area contributed by atoms with Gasteiger partial charge in [-0.2, -0.15) is 23.3 Å². The maximum absolute atomic E-state index is 13.5. The van der Waals surface area contributed by atoms with Gasteiger partial charge in [-0.25, -0.2) is 0 Å². The zero-order valence-electron chi connectivity index (χ0n) is 15.2. The van der Waals surface area contributed by atoms with Gasteiger partial charge >= 0.3 is 6.18 Å². The highest BCUT2D eigenvalue weighted by Gasteiger charge is 2.63. The molecule has 0 spiro atoms. The summed E-state index contributed by atoms with van der Waals surface area (Å²) in [6.07, 6.45) is -3.20. The molecule has 0 unspecified atom stereocenters. The monoisotopic (exact) mass is 393 g/mol. The molecule has 2 heterocycles. The van der Waals surface area contributed by atoms with E-state index in [1.807, 2.05) is 13.8 Å². The van der Waals surface area contributed by atoms with Crippen LogP contribution in [0.1, 0.15) is 23.1 Å². The Morgan fingerprint density at radius 2 is 1.89 bits per heavy atom. The van der Waals surface area contributed by atoms with E-state index in [4.69, 9.17) is 4.74 Å². The number of halogens is 3. The van der Waals surface area contributed by atoms with Crippen molar-refractivity contribution >= 4 is 11.6 Å². The summed E-state index contributed by atoms with van der Waals surface area (Å²) in [7, 11) is 0. The number of rotatable bonds is 4. The number of ether oxygens (including phenoxy) is 1. The van der Waals surface area contributed by atoms with Gasteiger partial charge in [0.15, 0.2) is 6.61 Å². The molecule has 0 fully saturated rings. The molecule has 1 aliphatic heterocycles. The number of aryl methyl sites for hydroxylation is 2. The Morgan fingerprint density at radius 3 is 2.50 bits per heavy atom. The molecule has 1 atom stereocenters. The Kier molecular flexibility index (Phi) is 5.12. The number of hydrazone groups is 1. The van der Waals surface area contributed by atoms with Crippen LogP contribution in [0.25, 0.3) is 0 Å². The number of carbonyl (C=O) groups is 1. The lowest BCUT2D eigenvalue weighted by atomic mass is 10.0. The molecule has 2 aromatic rings. The SMILES string of the molecule is Cc1ccc(OCC(=O)N2N=C(c3ccncc3)C[C@@]2(O)C(F)(F)F)cc1C. The molecular formula is C19H18F3N3O3. The Morgan fingerprint density at radius 1 is 1.21 bits per heavy atom. The zero-order chi connectivity index (χ0) is 20.5. The van der Waals surface area contributed by atoms with Gasteiger partial charge in [0.25, 0.3) is 11.6 Å². The zero-order valence-corrected chi connectivity index (χ0v) is 15.2. The number of nitrogens with zero attached hydrogens (tertiary/aromatic N) is 3. The number of hydrogen-bond acceptors (Lipinski definition) is 5. The Labute approximate surface area is 159 Å². The smallest absolute Gasteiger partial charge is 0.438 e. The van der Waals surface area contributed by atoms with Crippen molar-refractivity contribution in [2.75, 3.05) is 6.61 Å². The van der Waals surface area contributed by atoms with E-state index < -0.39 is 30.8 Å². The molecular weight excluding hydrogens is 375 g/mol. The quantitative estimate of drug-likeness (QED) is 0.867. The highest BCUT2D eigenvalue weighted by atomic mass is 19.4. The van der Waals surface area contributed by atoms with Crippen molar-refractivity contribution in [1.29, 1.82) is 0 Å². The van der Waals surface area contributed by atoms with Gasteiger partial charge in [-0.05, 0) is 49.2 Å². The minimum Gasteiger partial charge on any atom is -0.484 e. The average molecular weight is 393 g/mol. The number of aromatic nitrogens is 1. The van der Waals surface area contributed by atoms with Gasteiger partial charge in [-0.3, -0.25) is 9.78 Å². The predicted octanol–water partition coefficient (Wildman–Crippen LogP) is 2.96. The minimum absolute atomic E-state index is 0.0593. The van der Waals surface area contributed by atoms with Gasteiger partial charge < -0.3 is 9.84 Å². The van der Waals surface area contributed by atoms with E-state index in [-0.39, 0.29) is 10.7 Å². The molecule has 1 aliphatic rings. The summed E-state index contributed by atoms with van der Waals surface area (Å²) in [5.41, 5.74) is -1.24. The first-order chi connectivity index (χ1) is 13.1. The van der Waals surface area contributed by atoms with Crippen molar-refractivity contribution in [3.05, 3.63) is 59.4 Å². The maximum atomic E-state index is 13.5. The van der Waals surface area contributed by atoms with E-state index in [0.29, 0.717) is 11.3 Å². The molecule has 0 saturated carbocycles. The van der Waals surface area contributed by atoms with Crippen LogP contribution in [0.15, 0.2) is 47.8 Å². The van der Waals surface area contributed by atoms with E-state index in [0.717, 1.165) is 11.1 Å². The van der Waals surface area contributed by atoms with Crippen LogP contribution in [-0.2, 0) is 4.79 Å². The molecule has 1 N–H and O–H groups in total. The second kappa shape index (κ2) is 7.23. The molecule has 9 heteroatoms. The fourth-order valence-corrected chi connectivity index (χ4v) is 2.74. The third-order valence-corrected chi connectivity index (χ3v) is 4.53. The predicted molar refractivity (Wildman–Crippen MR) is 94.7 cm³/mol. The van der Waals surface area contributed by atoms with Crippen molar-refractivity contribution in [2.45, 2.75) is 32.2 Å². The number of carbonyl (C=O) groups excluding carboxylic acids is 1. The molecule has 0 saturated heterocycles. The second-order valence-corrected chi connectivity index (χ2v) is 6.51. The molecule has 0 radical (unpaired) electrons. The minimum atomic E-state index is -5.10. The molecule has 1 aromatic heterocycles. The van der Waals surface area contributed by atoms with Crippen molar-refractivity contribution in [3.8, 4) is 5.75 Å². The van der Waals surface area contributed by atoms with Gasteiger partial charge in [-0.1, -0.05) is 6.07 Å². The van der Waals surface area contributed by atoms with Crippen LogP contribution in [0.5, 0.6) is 5.75 Å². The summed E-state index contributed by atoms with van der Waals surface area (Å²) in [5, 5.41) is 14.1. The number of alkyl halides is 3. The summed E-state index contributed by atoms with van der Waals surface area (Å²) < 4.78 is 45.9. The fraction of sp³-hybridized carbons (Fsp3) is 0.316. The third-order valence-electron chi connectivity index (χ3n) is 4.53. The van der Waals surface area contributed by atoms with Crippen LogP contribution < -0.4 is 4.74 Å². The Hall–Kier alpha value is -2.94.